The zero-order valence-electron chi connectivity index (χ0n) is 9.05. The lowest BCUT2D eigenvalue weighted by molar-refractivity contribution is -0.145. The molecular formula is C11H16ClNO3. The molecule has 0 spiro atoms. The van der Waals surface area contributed by atoms with E-state index in [0.29, 0.717) is 12.2 Å². The molecule has 5 heteroatoms. The van der Waals surface area contributed by atoms with E-state index in [1.807, 2.05) is 6.92 Å². The van der Waals surface area contributed by atoms with Crippen LogP contribution in [0.2, 0.25) is 0 Å². The van der Waals surface area contributed by atoms with Crippen LogP contribution in [0.4, 0.5) is 0 Å². The number of benzene rings is 1. The van der Waals surface area contributed by atoms with E-state index in [4.69, 9.17) is 15.6 Å². The number of halogens is 1. The minimum absolute atomic E-state index is 0. The number of ether oxygens (including phenoxy) is 1. The molecule has 90 valence electrons. The molecule has 3 N–H and O–H groups in total. The van der Waals surface area contributed by atoms with Crippen LogP contribution in [-0.2, 0) is 9.53 Å². The van der Waals surface area contributed by atoms with E-state index in [1.54, 1.807) is 12.1 Å². The van der Waals surface area contributed by atoms with E-state index in [-0.39, 0.29) is 18.2 Å². The molecule has 0 fully saturated rings. The number of hydrogen-bond donors (Lipinski definition) is 2. The highest BCUT2D eigenvalue weighted by Crippen LogP contribution is 2.16. The number of aromatic hydroxyl groups is 1. The Hall–Kier alpha value is -1.26. The molecule has 0 heterocycles. The number of esters is 1. The van der Waals surface area contributed by atoms with Crippen molar-refractivity contribution < 1.29 is 14.6 Å². The van der Waals surface area contributed by atoms with Crippen LogP contribution in [0.15, 0.2) is 24.3 Å². The Balaban J connectivity index is 0.00000225. The Labute approximate surface area is 101 Å². The van der Waals surface area contributed by atoms with Gasteiger partial charge in [0, 0.05) is 0 Å². The molecular weight excluding hydrogens is 230 g/mol. The highest BCUT2D eigenvalue weighted by Gasteiger charge is 2.16. The van der Waals surface area contributed by atoms with E-state index < -0.39 is 12.0 Å². The van der Waals surface area contributed by atoms with Gasteiger partial charge in [-0.25, -0.2) is 4.79 Å². The van der Waals surface area contributed by atoms with Gasteiger partial charge in [0.1, 0.15) is 11.8 Å². The largest absolute Gasteiger partial charge is 0.508 e. The summed E-state index contributed by atoms with van der Waals surface area (Å²) in [7, 11) is 0. The van der Waals surface area contributed by atoms with E-state index in [0.717, 1.165) is 6.42 Å². The Kier molecular flexibility index (Phi) is 6.53. The van der Waals surface area contributed by atoms with E-state index in [9.17, 15) is 4.79 Å². The van der Waals surface area contributed by atoms with Crippen molar-refractivity contribution in [3.63, 3.8) is 0 Å². The lowest BCUT2D eigenvalue weighted by atomic mass is 10.1. The molecule has 0 aliphatic heterocycles. The van der Waals surface area contributed by atoms with Crippen LogP contribution >= 0.6 is 12.4 Å². The fourth-order valence-corrected chi connectivity index (χ4v) is 1.11. The van der Waals surface area contributed by atoms with Crippen LogP contribution in [0, 0.1) is 0 Å². The van der Waals surface area contributed by atoms with Crippen molar-refractivity contribution in [2.45, 2.75) is 19.4 Å². The number of carbonyl (C=O) groups is 1. The minimum Gasteiger partial charge on any atom is -0.508 e. The summed E-state index contributed by atoms with van der Waals surface area (Å²) in [4.78, 5) is 11.4. The molecule has 0 aromatic heterocycles. The van der Waals surface area contributed by atoms with Gasteiger partial charge in [-0.2, -0.15) is 0 Å². The molecule has 16 heavy (non-hydrogen) atoms. The summed E-state index contributed by atoms with van der Waals surface area (Å²) in [5.74, 6) is -0.296. The summed E-state index contributed by atoms with van der Waals surface area (Å²) in [6.07, 6.45) is 0.772. The van der Waals surface area contributed by atoms with Gasteiger partial charge in [0.15, 0.2) is 0 Å². The van der Waals surface area contributed by atoms with Gasteiger partial charge < -0.3 is 15.6 Å². The SMILES string of the molecule is CCCOC(=O)C(N)c1ccc(O)cc1.Cl. The first-order chi connectivity index (χ1) is 7.15. The quantitative estimate of drug-likeness (QED) is 0.793. The molecule has 0 aliphatic rings. The Morgan fingerprint density at radius 2 is 2.00 bits per heavy atom. The van der Waals surface area contributed by atoms with Crippen LogP contribution in [0.5, 0.6) is 5.75 Å². The highest BCUT2D eigenvalue weighted by atomic mass is 35.5. The van der Waals surface area contributed by atoms with Crippen LogP contribution in [0.1, 0.15) is 24.9 Å². The fraction of sp³-hybridized carbons (Fsp3) is 0.364. The third-order valence-electron chi connectivity index (χ3n) is 1.95. The molecule has 0 saturated heterocycles. The maximum Gasteiger partial charge on any atom is 0.327 e. The molecule has 0 radical (unpaired) electrons. The maximum atomic E-state index is 11.4. The molecule has 0 aliphatic carbocycles. The number of phenols is 1. The average molecular weight is 246 g/mol. The van der Waals surface area contributed by atoms with Gasteiger partial charge in [0.25, 0.3) is 0 Å². The lowest BCUT2D eigenvalue weighted by Gasteiger charge is -2.11. The number of rotatable bonds is 4. The van der Waals surface area contributed by atoms with Gasteiger partial charge in [-0.15, -0.1) is 12.4 Å². The number of nitrogens with two attached hydrogens (primary N) is 1. The summed E-state index contributed by atoms with van der Waals surface area (Å²) in [6.45, 7) is 2.30. The number of hydrogen-bond acceptors (Lipinski definition) is 4. The Bertz CT molecular complexity index is 327. The van der Waals surface area contributed by atoms with Crippen molar-refractivity contribution in [1.29, 1.82) is 0 Å². The zero-order chi connectivity index (χ0) is 11.3. The topological polar surface area (TPSA) is 72.5 Å². The predicted octanol–water partition coefficient (Wildman–Crippen LogP) is 1.77. The third-order valence-corrected chi connectivity index (χ3v) is 1.95. The zero-order valence-corrected chi connectivity index (χ0v) is 9.87. The van der Waals surface area contributed by atoms with Gasteiger partial charge in [-0.05, 0) is 24.1 Å². The van der Waals surface area contributed by atoms with Crippen LogP contribution in [-0.4, -0.2) is 17.7 Å². The van der Waals surface area contributed by atoms with Crippen molar-refractivity contribution in [2.24, 2.45) is 5.73 Å². The average Bonchev–Trinajstić information content (AvgIpc) is 2.26. The highest BCUT2D eigenvalue weighted by molar-refractivity contribution is 5.85. The van der Waals surface area contributed by atoms with Gasteiger partial charge in [-0.3, -0.25) is 0 Å². The van der Waals surface area contributed by atoms with Gasteiger partial charge in [-0.1, -0.05) is 19.1 Å². The van der Waals surface area contributed by atoms with Gasteiger partial charge in [0.05, 0.1) is 6.61 Å². The van der Waals surface area contributed by atoms with Crippen LogP contribution in [0.25, 0.3) is 0 Å². The van der Waals surface area contributed by atoms with E-state index >= 15 is 0 Å². The first kappa shape index (κ1) is 14.7. The lowest BCUT2D eigenvalue weighted by Crippen LogP contribution is -2.23. The molecule has 1 unspecified atom stereocenters. The molecule has 1 rings (SSSR count). The van der Waals surface area contributed by atoms with Crippen LogP contribution < -0.4 is 5.73 Å². The van der Waals surface area contributed by atoms with Crippen molar-refractivity contribution in [3.8, 4) is 5.75 Å². The predicted molar refractivity (Wildman–Crippen MR) is 63.5 cm³/mol. The van der Waals surface area contributed by atoms with Crippen LogP contribution in [0.3, 0.4) is 0 Å². The van der Waals surface area contributed by atoms with E-state index in [2.05, 4.69) is 0 Å². The van der Waals surface area contributed by atoms with Crippen molar-refractivity contribution in [3.05, 3.63) is 29.8 Å². The summed E-state index contributed by atoms with van der Waals surface area (Å²) < 4.78 is 4.91. The molecule has 4 nitrogen and oxygen atoms in total. The summed E-state index contributed by atoms with van der Waals surface area (Å²) in [5, 5.41) is 9.06. The fourth-order valence-electron chi connectivity index (χ4n) is 1.11. The van der Waals surface area contributed by atoms with Crippen molar-refractivity contribution in [2.75, 3.05) is 6.61 Å². The second-order valence-corrected chi connectivity index (χ2v) is 3.24. The number of carbonyl (C=O) groups excluding carboxylic acids is 1. The second kappa shape index (κ2) is 7.09. The maximum absolute atomic E-state index is 11.4. The molecule has 0 amide bonds. The summed E-state index contributed by atoms with van der Waals surface area (Å²) in [5.41, 5.74) is 6.31. The normalized spacial score (nSPS) is 11.4. The minimum atomic E-state index is -0.780. The summed E-state index contributed by atoms with van der Waals surface area (Å²) in [6, 6.07) is 5.41. The van der Waals surface area contributed by atoms with Crippen molar-refractivity contribution in [1.82, 2.24) is 0 Å². The third kappa shape index (κ3) is 4.08. The molecule has 0 bridgehead atoms. The van der Waals surface area contributed by atoms with Crippen molar-refractivity contribution >= 4 is 18.4 Å². The Morgan fingerprint density at radius 3 is 2.50 bits per heavy atom. The summed E-state index contributed by atoms with van der Waals surface area (Å²) >= 11 is 0. The molecule has 1 aromatic rings. The number of phenolic OH excluding ortho intramolecular Hbond substituents is 1. The molecule has 1 atom stereocenters. The first-order valence-corrected chi connectivity index (χ1v) is 4.86. The van der Waals surface area contributed by atoms with E-state index in [1.165, 1.54) is 12.1 Å². The standard InChI is InChI=1S/C11H15NO3.ClH/c1-2-7-15-11(14)10(12)8-3-5-9(13)6-4-8;/h3-6,10,13H,2,7,12H2,1H3;1H. The first-order valence-electron chi connectivity index (χ1n) is 4.86. The monoisotopic (exact) mass is 245 g/mol. The molecule has 1 aromatic carbocycles. The Morgan fingerprint density at radius 1 is 1.44 bits per heavy atom. The second-order valence-electron chi connectivity index (χ2n) is 3.24. The van der Waals surface area contributed by atoms with Gasteiger partial charge >= 0.3 is 5.97 Å². The molecule has 0 saturated carbocycles. The smallest absolute Gasteiger partial charge is 0.327 e. The van der Waals surface area contributed by atoms with Gasteiger partial charge in [0.2, 0.25) is 0 Å².